The van der Waals surface area contributed by atoms with Gasteiger partial charge in [-0.05, 0) is 0 Å². The Bertz CT molecular complexity index is 88.2. The third kappa shape index (κ3) is 4.81. The van der Waals surface area contributed by atoms with E-state index in [0.717, 1.165) is 6.26 Å². The first-order chi connectivity index (χ1) is 3.27. The predicted molar refractivity (Wildman–Crippen MR) is 22.4 cm³/mol. The van der Waals surface area contributed by atoms with Gasteiger partial charge in [0.25, 0.3) is 0 Å². The summed E-state index contributed by atoms with van der Waals surface area (Å²) in [4.78, 5) is 9.60. The maximum absolute atomic E-state index is 9.60. The molecule has 0 bridgehead atoms. The van der Waals surface area contributed by atoms with Gasteiger partial charge in [-0.1, -0.05) is 0 Å². The van der Waals surface area contributed by atoms with Crippen LogP contribution < -0.4 is 5.73 Å². The number of amides is 1. The second-order valence-electron chi connectivity index (χ2n) is 0.722. The van der Waals surface area contributed by atoms with Crippen LogP contribution in [0.4, 0.5) is 4.79 Å². The van der Waals surface area contributed by atoms with Crippen molar-refractivity contribution in [2.75, 3.05) is 0 Å². The van der Waals surface area contributed by atoms with Crippen LogP contribution in [-0.4, -0.2) is 11.2 Å². The number of rotatable bonds is 1. The van der Waals surface area contributed by atoms with Crippen molar-refractivity contribution in [1.82, 2.24) is 0 Å². The zero-order valence-corrected chi connectivity index (χ0v) is 3.50. The number of carbonyl (C=O) groups excluding carboxylic acids is 1. The molecule has 0 aliphatic heterocycles. The first kappa shape index (κ1) is 5.81. The summed E-state index contributed by atoms with van der Waals surface area (Å²) >= 11 is 0. The highest BCUT2D eigenvalue weighted by molar-refractivity contribution is 5.65. The van der Waals surface area contributed by atoms with Crippen LogP contribution in [0.25, 0.3) is 0 Å². The molecular weight excluding hydrogens is 98.0 g/mol. The number of hydrogen-bond acceptors (Lipinski definition) is 3. The number of nitrogens with two attached hydrogens (primary N) is 1. The molecule has 0 spiro atoms. The van der Waals surface area contributed by atoms with Gasteiger partial charge in [0.2, 0.25) is 0 Å². The fraction of sp³-hybridized carbons (Fsp3) is 0. The normalized spacial score (nSPS) is 9.14. The molecule has 0 aliphatic rings. The molecule has 0 atom stereocenters. The molecule has 0 saturated carbocycles. The fourth-order valence-corrected chi connectivity index (χ4v) is 0.0975. The molecule has 0 rings (SSSR count). The quantitative estimate of drug-likeness (QED) is 0.462. The van der Waals surface area contributed by atoms with E-state index in [2.05, 4.69) is 10.5 Å². The smallest absolute Gasteiger partial charge is 0.409 e. The van der Waals surface area contributed by atoms with Crippen molar-refractivity contribution in [2.24, 2.45) is 5.73 Å². The van der Waals surface area contributed by atoms with Crippen molar-refractivity contribution in [3.05, 3.63) is 12.5 Å². The van der Waals surface area contributed by atoms with Crippen LogP contribution >= 0.6 is 0 Å². The van der Waals surface area contributed by atoms with Crippen molar-refractivity contribution in [1.29, 1.82) is 0 Å². The van der Waals surface area contributed by atoms with E-state index in [1.54, 1.807) is 0 Å². The van der Waals surface area contributed by atoms with E-state index < -0.39 is 6.09 Å². The maximum Gasteiger partial charge on any atom is 0.409 e. The lowest BCUT2D eigenvalue weighted by molar-refractivity contribution is 0.194. The molecule has 1 amide bonds. The number of carbonyl (C=O) groups is 1. The number of hydrogen-bond donors (Lipinski definition) is 2. The second-order valence-corrected chi connectivity index (χ2v) is 0.722. The van der Waals surface area contributed by atoms with Gasteiger partial charge in [-0.25, -0.2) is 4.79 Å². The topological polar surface area (TPSA) is 72.6 Å². The van der Waals surface area contributed by atoms with Crippen molar-refractivity contribution in [2.45, 2.75) is 0 Å². The lowest BCUT2D eigenvalue weighted by atomic mass is 11.0. The highest BCUT2D eigenvalue weighted by Crippen LogP contribution is 1.70. The van der Waals surface area contributed by atoms with E-state index in [1.165, 1.54) is 0 Å². The Morgan fingerprint density at radius 1 is 1.86 bits per heavy atom. The molecule has 0 aliphatic carbocycles. The van der Waals surface area contributed by atoms with E-state index in [1.807, 2.05) is 0 Å². The van der Waals surface area contributed by atoms with Crippen LogP contribution in [0.5, 0.6) is 0 Å². The van der Waals surface area contributed by atoms with E-state index in [0.29, 0.717) is 6.26 Å². The third-order valence-electron chi connectivity index (χ3n) is 0.245. The summed E-state index contributed by atoms with van der Waals surface area (Å²) < 4.78 is 3.90. The van der Waals surface area contributed by atoms with Gasteiger partial charge < -0.3 is 15.6 Å². The van der Waals surface area contributed by atoms with E-state index >= 15 is 0 Å². The minimum atomic E-state index is -0.940. The molecule has 40 valence electrons. The summed E-state index contributed by atoms with van der Waals surface area (Å²) in [6.45, 7) is 0. The van der Waals surface area contributed by atoms with Crippen molar-refractivity contribution < 1.29 is 14.6 Å². The van der Waals surface area contributed by atoms with Gasteiger partial charge in [0.15, 0.2) is 0 Å². The first-order valence-corrected chi connectivity index (χ1v) is 1.52. The van der Waals surface area contributed by atoms with Crippen LogP contribution in [0.15, 0.2) is 12.5 Å². The predicted octanol–water partition coefficient (Wildman–Crippen LogP) is 0.111. The Morgan fingerprint density at radius 3 is 2.57 bits per heavy atom. The highest BCUT2D eigenvalue weighted by atomic mass is 16.5. The number of aliphatic hydroxyl groups is 1. The Kier molecular flexibility index (Phi) is 2.50. The van der Waals surface area contributed by atoms with Gasteiger partial charge >= 0.3 is 6.09 Å². The van der Waals surface area contributed by atoms with Crippen molar-refractivity contribution in [3.63, 3.8) is 0 Å². The molecule has 4 nitrogen and oxygen atoms in total. The number of primary amides is 1. The molecule has 0 aromatic carbocycles. The van der Waals surface area contributed by atoms with Crippen LogP contribution in [0.3, 0.4) is 0 Å². The molecule has 0 aromatic rings. The summed E-state index contributed by atoms with van der Waals surface area (Å²) in [6, 6.07) is 0. The van der Waals surface area contributed by atoms with E-state index in [9.17, 15) is 4.79 Å². The standard InChI is InChI=1S/C3H5NO3/c4-3(6)7-2-1-5/h1-2,5H,(H2,4,6)/b2-1+. The molecule has 0 heterocycles. The van der Waals surface area contributed by atoms with Gasteiger partial charge in [-0.3, -0.25) is 0 Å². The molecule has 0 radical (unpaired) electrons. The van der Waals surface area contributed by atoms with Gasteiger partial charge in [0, 0.05) is 0 Å². The summed E-state index contributed by atoms with van der Waals surface area (Å²) in [5.74, 6) is 0. The van der Waals surface area contributed by atoms with Gasteiger partial charge in [0.1, 0.15) is 12.5 Å². The Hall–Kier alpha value is -1.19. The molecule has 0 saturated heterocycles. The molecule has 0 fully saturated rings. The molecule has 0 aromatic heterocycles. The Balaban J connectivity index is 3.14. The zero-order chi connectivity index (χ0) is 5.70. The van der Waals surface area contributed by atoms with Crippen LogP contribution in [0.1, 0.15) is 0 Å². The van der Waals surface area contributed by atoms with Crippen LogP contribution in [-0.2, 0) is 4.74 Å². The van der Waals surface area contributed by atoms with Crippen LogP contribution in [0, 0.1) is 0 Å². The maximum atomic E-state index is 9.60. The van der Waals surface area contributed by atoms with E-state index in [-0.39, 0.29) is 0 Å². The lowest BCUT2D eigenvalue weighted by Gasteiger charge is -1.84. The monoisotopic (exact) mass is 103 g/mol. The highest BCUT2D eigenvalue weighted by Gasteiger charge is 1.81. The molecule has 0 unspecified atom stereocenters. The molecule has 7 heavy (non-hydrogen) atoms. The van der Waals surface area contributed by atoms with Gasteiger partial charge in [0.05, 0.1) is 0 Å². The summed E-state index contributed by atoms with van der Waals surface area (Å²) in [5.41, 5.74) is 4.46. The third-order valence-corrected chi connectivity index (χ3v) is 0.245. The minimum Gasteiger partial charge on any atom is -0.512 e. The fourth-order valence-electron chi connectivity index (χ4n) is 0.0975. The lowest BCUT2D eigenvalue weighted by Crippen LogP contribution is -2.08. The Morgan fingerprint density at radius 2 is 2.43 bits per heavy atom. The zero-order valence-electron chi connectivity index (χ0n) is 3.50. The van der Waals surface area contributed by atoms with Gasteiger partial charge in [-0.2, -0.15) is 0 Å². The summed E-state index contributed by atoms with van der Waals surface area (Å²) in [7, 11) is 0. The molecular formula is C3H5NO3. The SMILES string of the molecule is NC(=O)O/C=C/O. The summed E-state index contributed by atoms with van der Waals surface area (Å²) in [5, 5.41) is 7.80. The van der Waals surface area contributed by atoms with E-state index in [4.69, 9.17) is 5.11 Å². The Labute approximate surface area is 40.2 Å². The van der Waals surface area contributed by atoms with Crippen molar-refractivity contribution in [3.8, 4) is 0 Å². The summed E-state index contributed by atoms with van der Waals surface area (Å²) in [6.07, 6.45) is 0.415. The van der Waals surface area contributed by atoms with Crippen LogP contribution in [0.2, 0.25) is 0 Å². The molecule has 3 N–H and O–H groups in total. The average molecular weight is 103 g/mol. The number of aliphatic hydroxyl groups excluding tert-OH is 1. The minimum absolute atomic E-state index is 0.574. The largest absolute Gasteiger partial charge is 0.512 e. The first-order valence-electron chi connectivity index (χ1n) is 1.52. The number of ether oxygens (including phenoxy) is 1. The average Bonchev–Trinajstić information content (AvgIpc) is 1.61. The molecule has 4 heteroatoms. The second kappa shape index (κ2) is 3.02. The van der Waals surface area contributed by atoms with Gasteiger partial charge in [-0.15, -0.1) is 0 Å². The van der Waals surface area contributed by atoms with Crippen molar-refractivity contribution >= 4 is 6.09 Å².